The smallest absolute Gasteiger partial charge is 0.335 e. The first kappa shape index (κ1) is 14.3. The largest absolute Gasteiger partial charge is 0.478 e. The molecule has 0 aliphatic heterocycles. The molecule has 0 unspecified atom stereocenters. The highest BCUT2D eigenvalue weighted by Crippen LogP contribution is 2.29. The van der Waals surface area contributed by atoms with Gasteiger partial charge in [-0.1, -0.05) is 12.1 Å². The van der Waals surface area contributed by atoms with E-state index in [1.807, 2.05) is 0 Å². The molecule has 0 radical (unpaired) electrons. The van der Waals surface area contributed by atoms with E-state index in [0.717, 1.165) is 29.5 Å². The lowest BCUT2D eigenvalue weighted by molar-refractivity contribution is 0.0697. The molecule has 0 fully saturated rings. The number of carbonyl (C=O) groups is 1. The van der Waals surface area contributed by atoms with E-state index in [4.69, 9.17) is 10.8 Å². The maximum atomic E-state index is 13.6. The van der Waals surface area contributed by atoms with E-state index in [0.29, 0.717) is 5.75 Å². The number of anilines is 1. The lowest BCUT2D eigenvalue weighted by atomic mass is 10.1. The van der Waals surface area contributed by atoms with Crippen LogP contribution in [0.25, 0.3) is 0 Å². The van der Waals surface area contributed by atoms with Crippen molar-refractivity contribution < 1.29 is 18.7 Å². The molecule has 0 heterocycles. The maximum absolute atomic E-state index is 13.6. The van der Waals surface area contributed by atoms with Crippen molar-refractivity contribution >= 4 is 23.4 Å². The minimum atomic E-state index is -1.01. The molecule has 0 amide bonds. The van der Waals surface area contributed by atoms with E-state index in [1.54, 1.807) is 12.1 Å². The molecule has 104 valence electrons. The number of halogens is 2. The number of nitrogens with two attached hydrogens (primary N) is 1. The predicted octanol–water partition coefficient (Wildman–Crippen LogP) is 3.54. The first-order valence-corrected chi connectivity index (χ1v) is 6.65. The molecule has 2 aromatic rings. The van der Waals surface area contributed by atoms with Gasteiger partial charge in [0.2, 0.25) is 0 Å². The molecule has 0 aromatic heterocycles. The molecule has 0 saturated carbocycles. The minimum absolute atomic E-state index is 0.0372. The molecular formula is C14H11F2NO2S. The SMILES string of the molecule is Nc1cc(F)c(SCc2ccc(C(=O)O)cc2)c(F)c1. The molecule has 2 rings (SSSR count). The Kier molecular flexibility index (Phi) is 4.24. The molecule has 0 saturated heterocycles. The molecule has 3 nitrogen and oxygen atoms in total. The average molecular weight is 295 g/mol. The van der Waals surface area contributed by atoms with Gasteiger partial charge in [-0.3, -0.25) is 0 Å². The van der Waals surface area contributed by atoms with E-state index in [2.05, 4.69) is 0 Å². The normalized spacial score (nSPS) is 10.5. The Labute approximate surface area is 118 Å². The van der Waals surface area contributed by atoms with Gasteiger partial charge in [0.15, 0.2) is 0 Å². The van der Waals surface area contributed by atoms with Gasteiger partial charge in [0.1, 0.15) is 11.6 Å². The van der Waals surface area contributed by atoms with Crippen molar-refractivity contribution in [3.63, 3.8) is 0 Å². The molecule has 0 aliphatic carbocycles. The molecule has 20 heavy (non-hydrogen) atoms. The van der Waals surface area contributed by atoms with E-state index in [-0.39, 0.29) is 16.1 Å². The van der Waals surface area contributed by atoms with Crippen LogP contribution >= 0.6 is 11.8 Å². The second-order valence-corrected chi connectivity index (χ2v) is 5.09. The number of hydrogen-bond acceptors (Lipinski definition) is 3. The number of carboxylic acids is 1. The van der Waals surface area contributed by atoms with Gasteiger partial charge in [-0.2, -0.15) is 0 Å². The van der Waals surface area contributed by atoms with Crippen LogP contribution in [0.15, 0.2) is 41.3 Å². The Morgan fingerprint density at radius 3 is 2.20 bits per heavy atom. The quantitative estimate of drug-likeness (QED) is 0.669. The fraction of sp³-hybridized carbons (Fsp3) is 0.0714. The predicted molar refractivity (Wildman–Crippen MR) is 73.7 cm³/mol. The Balaban J connectivity index is 2.11. The van der Waals surface area contributed by atoms with E-state index < -0.39 is 17.6 Å². The summed E-state index contributed by atoms with van der Waals surface area (Å²) < 4.78 is 27.1. The third-order valence-electron chi connectivity index (χ3n) is 2.60. The van der Waals surface area contributed by atoms with E-state index in [9.17, 15) is 13.6 Å². The van der Waals surface area contributed by atoms with Crippen LogP contribution in [0.5, 0.6) is 0 Å². The summed E-state index contributed by atoms with van der Waals surface area (Å²) in [5.41, 5.74) is 6.32. The topological polar surface area (TPSA) is 63.3 Å². The van der Waals surface area contributed by atoms with E-state index in [1.165, 1.54) is 12.1 Å². The van der Waals surface area contributed by atoms with Crippen molar-refractivity contribution in [2.24, 2.45) is 0 Å². The van der Waals surface area contributed by atoms with Crippen LogP contribution < -0.4 is 5.73 Å². The number of carboxylic acid groups (broad SMARTS) is 1. The first-order chi connectivity index (χ1) is 9.47. The lowest BCUT2D eigenvalue weighted by Gasteiger charge is -2.06. The van der Waals surface area contributed by atoms with Crippen molar-refractivity contribution in [2.45, 2.75) is 10.6 Å². The molecule has 0 spiro atoms. The van der Waals surface area contributed by atoms with Crippen molar-refractivity contribution in [1.82, 2.24) is 0 Å². The minimum Gasteiger partial charge on any atom is -0.478 e. The number of thioether (sulfide) groups is 1. The van der Waals surface area contributed by atoms with Gasteiger partial charge in [-0.15, -0.1) is 11.8 Å². The average Bonchev–Trinajstić information content (AvgIpc) is 2.38. The number of rotatable bonds is 4. The van der Waals surface area contributed by atoms with Crippen molar-refractivity contribution in [3.8, 4) is 0 Å². The van der Waals surface area contributed by atoms with Gasteiger partial charge in [-0.25, -0.2) is 13.6 Å². The van der Waals surface area contributed by atoms with Crippen LogP contribution in [0, 0.1) is 11.6 Å². The van der Waals surface area contributed by atoms with Crippen LogP contribution in [0.2, 0.25) is 0 Å². The summed E-state index contributed by atoms with van der Waals surface area (Å²) in [7, 11) is 0. The number of benzene rings is 2. The Morgan fingerprint density at radius 2 is 1.70 bits per heavy atom. The van der Waals surface area contributed by atoms with Gasteiger partial charge in [0, 0.05) is 11.4 Å². The van der Waals surface area contributed by atoms with Crippen molar-refractivity contribution in [1.29, 1.82) is 0 Å². The van der Waals surface area contributed by atoms with Crippen molar-refractivity contribution in [2.75, 3.05) is 5.73 Å². The summed E-state index contributed by atoms with van der Waals surface area (Å²) in [6.45, 7) is 0. The number of nitrogen functional groups attached to an aromatic ring is 1. The molecule has 2 aromatic carbocycles. The Hall–Kier alpha value is -2.08. The van der Waals surface area contributed by atoms with Gasteiger partial charge in [-0.05, 0) is 29.8 Å². The van der Waals surface area contributed by atoms with Crippen LogP contribution in [-0.2, 0) is 5.75 Å². The summed E-state index contributed by atoms with van der Waals surface area (Å²) in [5.74, 6) is -2.08. The molecular weight excluding hydrogens is 284 g/mol. The zero-order valence-electron chi connectivity index (χ0n) is 10.3. The highest BCUT2D eigenvalue weighted by Gasteiger charge is 2.11. The summed E-state index contributed by atoms with van der Waals surface area (Å²) in [6.07, 6.45) is 0. The van der Waals surface area contributed by atoms with Crippen LogP contribution in [0.1, 0.15) is 15.9 Å². The maximum Gasteiger partial charge on any atom is 0.335 e. The highest BCUT2D eigenvalue weighted by molar-refractivity contribution is 7.98. The fourth-order valence-electron chi connectivity index (χ4n) is 1.62. The zero-order valence-corrected chi connectivity index (χ0v) is 11.1. The third-order valence-corrected chi connectivity index (χ3v) is 3.76. The van der Waals surface area contributed by atoms with E-state index >= 15 is 0 Å². The molecule has 6 heteroatoms. The third kappa shape index (κ3) is 3.27. The van der Waals surface area contributed by atoms with Crippen molar-refractivity contribution in [3.05, 3.63) is 59.2 Å². The summed E-state index contributed by atoms with van der Waals surface area (Å²) >= 11 is 0.997. The number of hydrogen-bond donors (Lipinski definition) is 2. The monoisotopic (exact) mass is 295 g/mol. The molecule has 0 bridgehead atoms. The number of aromatic carboxylic acids is 1. The summed E-state index contributed by atoms with van der Waals surface area (Å²) in [5, 5.41) is 8.77. The second-order valence-electron chi connectivity index (χ2n) is 4.10. The molecule has 0 atom stereocenters. The fourth-order valence-corrected chi connectivity index (χ4v) is 2.51. The zero-order chi connectivity index (χ0) is 14.7. The van der Waals surface area contributed by atoms with Gasteiger partial charge in [0.25, 0.3) is 0 Å². The highest BCUT2D eigenvalue weighted by atomic mass is 32.2. The van der Waals surface area contributed by atoms with Crippen LogP contribution in [-0.4, -0.2) is 11.1 Å². The van der Waals surface area contributed by atoms with Gasteiger partial charge < -0.3 is 10.8 Å². The Morgan fingerprint density at radius 1 is 1.15 bits per heavy atom. The molecule has 0 aliphatic rings. The van der Waals surface area contributed by atoms with Crippen LogP contribution in [0.3, 0.4) is 0 Å². The lowest BCUT2D eigenvalue weighted by Crippen LogP contribution is -1.96. The van der Waals surface area contributed by atoms with Crippen LogP contribution in [0.4, 0.5) is 14.5 Å². The van der Waals surface area contributed by atoms with Gasteiger partial charge >= 0.3 is 5.97 Å². The molecule has 3 N–H and O–H groups in total. The summed E-state index contributed by atoms with van der Waals surface area (Å²) in [4.78, 5) is 10.6. The first-order valence-electron chi connectivity index (χ1n) is 5.67. The Bertz CT molecular complexity index is 621. The second kappa shape index (κ2) is 5.92. The summed E-state index contributed by atoms with van der Waals surface area (Å²) in [6, 6.07) is 8.27. The van der Waals surface area contributed by atoms with Gasteiger partial charge in [0.05, 0.1) is 10.5 Å². The standard InChI is InChI=1S/C14H11F2NO2S/c15-11-5-10(17)6-12(16)13(11)20-7-8-1-3-9(4-2-8)14(18)19/h1-6H,7,17H2,(H,18,19).